The summed E-state index contributed by atoms with van der Waals surface area (Å²) < 4.78 is 0. The lowest BCUT2D eigenvalue weighted by atomic mass is 10.1. The van der Waals surface area contributed by atoms with E-state index in [1.54, 1.807) is 0 Å². The number of carboxylic acids is 2. The number of amides is 3. The van der Waals surface area contributed by atoms with Gasteiger partial charge in [0.25, 0.3) is 0 Å². The second-order valence-corrected chi connectivity index (χ2v) is 6.57. The van der Waals surface area contributed by atoms with Crippen molar-refractivity contribution in [3.05, 3.63) is 0 Å². The van der Waals surface area contributed by atoms with Crippen molar-refractivity contribution in [3.63, 3.8) is 0 Å². The molecule has 0 spiro atoms. The molecule has 0 radical (unpaired) electrons. The van der Waals surface area contributed by atoms with E-state index in [2.05, 4.69) is 10.6 Å². The number of carboxylic acid groups (broad SMARTS) is 2. The Morgan fingerprint density at radius 3 is 1.73 bits per heavy atom. The standard InChI is InChI=1S/C16H28N4O10/c1-6(22)11(15(28)20-12(7(2)23)16(29)30)19-14(27)9(5-21)18-13(26)8(17)3-4-10(24)25/h6-9,11-12,21-23H,3-5,17H2,1-2H3,(H,18,26)(H,19,27)(H,20,28)(H,24,25)(H,29,30). The lowest BCUT2D eigenvalue weighted by Crippen LogP contribution is -2.61. The topological polar surface area (TPSA) is 249 Å². The highest BCUT2D eigenvalue weighted by Gasteiger charge is 2.33. The molecule has 30 heavy (non-hydrogen) atoms. The van der Waals surface area contributed by atoms with E-state index in [-0.39, 0.29) is 6.42 Å². The number of carbonyl (C=O) groups excluding carboxylic acids is 3. The molecule has 0 bridgehead atoms. The van der Waals surface area contributed by atoms with Gasteiger partial charge in [-0.05, 0) is 20.3 Å². The average Bonchev–Trinajstić information content (AvgIpc) is 2.64. The number of nitrogens with one attached hydrogen (secondary N) is 3. The molecule has 0 aromatic rings. The molecule has 0 aromatic heterocycles. The van der Waals surface area contributed by atoms with Gasteiger partial charge in [0.15, 0.2) is 6.04 Å². The first-order chi connectivity index (χ1) is 13.8. The van der Waals surface area contributed by atoms with Gasteiger partial charge in [-0.25, -0.2) is 4.79 Å². The van der Waals surface area contributed by atoms with Crippen LogP contribution in [0.5, 0.6) is 0 Å². The van der Waals surface area contributed by atoms with Crippen molar-refractivity contribution in [2.24, 2.45) is 5.73 Å². The van der Waals surface area contributed by atoms with Crippen molar-refractivity contribution >= 4 is 29.7 Å². The number of nitrogens with two attached hydrogens (primary N) is 1. The van der Waals surface area contributed by atoms with Gasteiger partial charge in [0, 0.05) is 6.42 Å². The van der Waals surface area contributed by atoms with Crippen molar-refractivity contribution in [1.29, 1.82) is 0 Å². The quantitative estimate of drug-likeness (QED) is 0.133. The van der Waals surface area contributed by atoms with Crippen LogP contribution in [0.3, 0.4) is 0 Å². The van der Waals surface area contributed by atoms with Crippen LogP contribution in [-0.4, -0.2) is 98.2 Å². The predicted octanol–water partition coefficient (Wildman–Crippen LogP) is -4.53. The Morgan fingerprint density at radius 1 is 0.833 bits per heavy atom. The molecule has 0 rings (SSSR count). The molecule has 6 unspecified atom stereocenters. The molecule has 0 aliphatic carbocycles. The smallest absolute Gasteiger partial charge is 0.328 e. The molecular formula is C16H28N4O10. The Kier molecular flexibility index (Phi) is 11.5. The Hall–Kier alpha value is -2.81. The van der Waals surface area contributed by atoms with Crippen LogP contribution in [0.1, 0.15) is 26.7 Å². The summed E-state index contributed by atoms with van der Waals surface area (Å²) in [5.41, 5.74) is 5.51. The van der Waals surface area contributed by atoms with E-state index in [1.807, 2.05) is 5.32 Å². The monoisotopic (exact) mass is 436 g/mol. The molecule has 0 aromatic carbocycles. The third-order valence-electron chi connectivity index (χ3n) is 3.93. The van der Waals surface area contributed by atoms with Crippen LogP contribution in [0.15, 0.2) is 0 Å². The summed E-state index contributed by atoms with van der Waals surface area (Å²) >= 11 is 0. The van der Waals surface area contributed by atoms with Crippen molar-refractivity contribution in [2.75, 3.05) is 6.61 Å². The van der Waals surface area contributed by atoms with Crippen molar-refractivity contribution in [1.82, 2.24) is 16.0 Å². The van der Waals surface area contributed by atoms with Gasteiger partial charge in [-0.3, -0.25) is 19.2 Å². The van der Waals surface area contributed by atoms with E-state index >= 15 is 0 Å². The Morgan fingerprint density at radius 2 is 1.33 bits per heavy atom. The zero-order valence-corrected chi connectivity index (χ0v) is 16.4. The minimum Gasteiger partial charge on any atom is -0.481 e. The maximum absolute atomic E-state index is 12.3. The molecule has 0 aliphatic rings. The fourth-order valence-corrected chi connectivity index (χ4v) is 2.17. The van der Waals surface area contributed by atoms with Gasteiger partial charge in [0.1, 0.15) is 12.1 Å². The highest BCUT2D eigenvalue weighted by atomic mass is 16.4. The summed E-state index contributed by atoms with van der Waals surface area (Å²) in [5, 5.41) is 52.2. The van der Waals surface area contributed by atoms with E-state index in [1.165, 1.54) is 0 Å². The van der Waals surface area contributed by atoms with Crippen molar-refractivity contribution in [2.45, 2.75) is 63.1 Å². The second kappa shape index (κ2) is 12.7. The average molecular weight is 436 g/mol. The van der Waals surface area contributed by atoms with E-state index in [4.69, 9.17) is 15.9 Å². The van der Waals surface area contributed by atoms with Gasteiger partial charge in [0.05, 0.1) is 24.9 Å². The number of aliphatic hydroxyl groups excluding tert-OH is 3. The molecule has 0 aliphatic heterocycles. The van der Waals surface area contributed by atoms with Crippen LogP contribution in [0, 0.1) is 0 Å². The number of hydrogen-bond donors (Lipinski definition) is 9. The van der Waals surface area contributed by atoms with Gasteiger partial charge in [0.2, 0.25) is 17.7 Å². The van der Waals surface area contributed by atoms with Gasteiger partial charge < -0.3 is 47.2 Å². The maximum atomic E-state index is 12.3. The molecular weight excluding hydrogens is 408 g/mol. The molecule has 10 N–H and O–H groups in total. The van der Waals surface area contributed by atoms with Gasteiger partial charge in [-0.2, -0.15) is 0 Å². The molecule has 14 heteroatoms. The van der Waals surface area contributed by atoms with Crippen LogP contribution in [0.4, 0.5) is 0 Å². The third-order valence-corrected chi connectivity index (χ3v) is 3.93. The zero-order chi connectivity index (χ0) is 23.6. The number of aliphatic carboxylic acids is 2. The Labute approximate surface area is 171 Å². The van der Waals surface area contributed by atoms with Crippen LogP contribution in [-0.2, 0) is 24.0 Å². The Bertz CT molecular complexity index is 640. The van der Waals surface area contributed by atoms with E-state index in [0.29, 0.717) is 0 Å². The summed E-state index contributed by atoms with van der Waals surface area (Å²) in [6.07, 6.45) is -3.61. The number of hydrogen-bond acceptors (Lipinski definition) is 9. The number of carbonyl (C=O) groups is 5. The van der Waals surface area contributed by atoms with E-state index in [9.17, 15) is 39.3 Å². The van der Waals surface area contributed by atoms with Crippen molar-refractivity contribution in [3.8, 4) is 0 Å². The highest BCUT2D eigenvalue weighted by Crippen LogP contribution is 2.01. The van der Waals surface area contributed by atoms with Gasteiger partial charge in [-0.1, -0.05) is 0 Å². The summed E-state index contributed by atoms with van der Waals surface area (Å²) in [4.78, 5) is 58.1. The van der Waals surface area contributed by atoms with Crippen LogP contribution in [0.25, 0.3) is 0 Å². The maximum Gasteiger partial charge on any atom is 0.328 e. The zero-order valence-electron chi connectivity index (χ0n) is 16.4. The van der Waals surface area contributed by atoms with Crippen molar-refractivity contribution < 1.29 is 49.5 Å². The lowest BCUT2D eigenvalue weighted by Gasteiger charge is -2.26. The molecule has 0 heterocycles. The van der Waals surface area contributed by atoms with Crippen LogP contribution in [0.2, 0.25) is 0 Å². The summed E-state index contributed by atoms with van der Waals surface area (Å²) in [6, 6.07) is -6.25. The lowest BCUT2D eigenvalue weighted by molar-refractivity contribution is -0.146. The van der Waals surface area contributed by atoms with Crippen LogP contribution >= 0.6 is 0 Å². The first kappa shape index (κ1) is 27.2. The van der Waals surface area contributed by atoms with E-state index < -0.39 is 79.1 Å². The number of rotatable bonds is 13. The third kappa shape index (κ3) is 9.13. The number of aliphatic hydroxyl groups is 3. The van der Waals surface area contributed by atoms with E-state index in [0.717, 1.165) is 13.8 Å². The fraction of sp³-hybridized carbons (Fsp3) is 0.688. The second-order valence-electron chi connectivity index (χ2n) is 6.57. The molecule has 6 atom stereocenters. The minimum absolute atomic E-state index is 0.227. The first-order valence-corrected chi connectivity index (χ1v) is 8.90. The minimum atomic E-state index is -1.71. The SMILES string of the molecule is CC(O)C(NC(=O)C(NC(=O)C(CO)NC(=O)C(N)CCC(=O)O)C(C)O)C(=O)O. The molecule has 0 fully saturated rings. The Balaban J connectivity index is 5.13. The van der Waals surface area contributed by atoms with Crippen LogP contribution < -0.4 is 21.7 Å². The molecule has 172 valence electrons. The first-order valence-electron chi connectivity index (χ1n) is 8.90. The molecule has 14 nitrogen and oxygen atoms in total. The van der Waals surface area contributed by atoms with Gasteiger partial charge in [-0.15, -0.1) is 0 Å². The predicted molar refractivity (Wildman–Crippen MR) is 98.7 cm³/mol. The van der Waals surface area contributed by atoms with Gasteiger partial charge >= 0.3 is 11.9 Å². The summed E-state index contributed by atoms with van der Waals surface area (Å²) in [7, 11) is 0. The fourth-order valence-electron chi connectivity index (χ4n) is 2.17. The molecule has 0 saturated carbocycles. The highest BCUT2D eigenvalue weighted by molar-refractivity contribution is 5.94. The molecule has 3 amide bonds. The summed E-state index contributed by atoms with van der Waals surface area (Å²) in [5.74, 6) is -5.89. The summed E-state index contributed by atoms with van der Waals surface area (Å²) in [6.45, 7) is 1.32. The normalized spacial score (nSPS) is 16.9. The largest absolute Gasteiger partial charge is 0.481 e. The molecule has 0 saturated heterocycles.